The number of hydrogen-bond acceptors (Lipinski definition) is 4. The summed E-state index contributed by atoms with van der Waals surface area (Å²) in [6, 6.07) is 13.2. The predicted octanol–water partition coefficient (Wildman–Crippen LogP) is 2.98. The normalized spacial score (nSPS) is 10.4. The Morgan fingerprint density at radius 1 is 1.12 bits per heavy atom. The molecule has 0 aliphatic heterocycles. The highest BCUT2D eigenvalue weighted by molar-refractivity contribution is 5.96. The highest BCUT2D eigenvalue weighted by Crippen LogP contribution is 2.12. The fourth-order valence-corrected chi connectivity index (χ4v) is 2.65. The molecular formula is C21H26N2O3. The second-order valence-electron chi connectivity index (χ2n) is 6.07. The SMILES string of the molecule is CCc1cc(C=O)cc(C(=O)NCCCNCc2cccc(OC)c2)c1. The monoisotopic (exact) mass is 354 g/mol. The molecule has 2 aromatic rings. The molecule has 5 heteroatoms. The molecule has 26 heavy (non-hydrogen) atoms. The van der Waals surface area contributed by atoms with E-state index < -0.39 is 0 Å². The van der Waals surface area contributed by atoms with Crippen LogP contribution in [0.3, 0.4) is 0 Å². The van der Waals surface area contributed by atoms with Gasteiger partial charge in [0.1, 0.15) is 12.0 Å². The second-order valence-corrected chi connectivity index (χ2v) is 6.07. The third-order valence-corrected chi connectivity index (χ3v) is 4.10. The van der Waals surface area contributed by atoms with Gasteiger partial charge in [-0.1, -0.05) is 19.1 Å². The van der Waals surface area contributed by atoms with E-state index >= 15 is 0 Å². The Hall–Kier alpha value is -2.66. The molecule has 0 aliphatic carbocycles. The minimum atomic E-state index is -0.142. The average molecular weight is 354 g/mol. The van der Waals surface area contributed by atoms with Crippen LogP contribution >= 0.6 is 0 Å². The molecule has 2 N–H and O–H groups in total. The Balaban J connectivity index is 1.72. The van der Waals surface area contributed by atoms with Gasteiger partial charge in [0.25, 0.3) is 5.91 Å². The number of benzene rings is 2. The summed E-state index contributed by atoms with van der Waals surface area (Å²) in [7, 11) is 1.66. The molecule has 2 rings (SSSR count). The lowest BCUT2D eigenvalue weighted by Crippen LogP contribution is -2.27. The van der Waals surface area contributed by atoms with Crippen molar-refractivity contribution in [1.29, 1.82) is 0 Å². The number of methoxy groups -OCH3 is 1. The molecule has 5 nitrogen and oxygen atoms in total. The number of nitrogens with one attached hydrogen (secondary N) is 2. The molecule has 0 spiro atoms. The van der Waals surface area contributed by atoms with Gasteiger partial charge in [0.15, 0.2) is 0 Å². The fourth-order valence-electron chi connectivity index (χ4n) is 2.65. The van der Waals surface area contributed by atoms with E-state index in [0.717, 1.165) is 49.1 Å². The minimum Gasteiger partial charge on any atom is -0.497 e. The minimum absolute atomic E-state index is 0.142. The Bertz CT molecular complexity index is 744. The fraction of sp³-hybridized carbons (Fsp3) is 0.333. The maximum absolute atomic E-state index is 12.2. The van der Waals surface area contributed by atoms with Gasteiger partial charge in [-0.3, -0.25) is 9.59 Å². The molecule has 0 aromatic heterocycles. The molecule has 0 saturated carbocycles. The van der Waals surface area contributed by atoms with Crippen molar-refractivity contribution < 1.29 is 14.3 Å². The van der Waals surface area contributed by atoms with E-state index in [0.29, 0.717) is 17.7 Å². The zero-order chi connectivity index (χ0) is 18.8. The van der Waals surface area contributed by atoms with Gasteiger partial charge in [-0.05, 0) is 60.8 Å². The van der Waals surface area contributed by atoms with Crippen LogP contribution in [0.5, 0.6) is 5.75 Å². The summed E-state index contributed by atoms with van der Waals surface area (Å²) in [5, 5.41) is 6.25. The van der Waals surface area contributed by atoms with Crippen molar-refractivity contribution in [2.75, 3.05) is 20.2 Å². The number of carbonyl (C=O) groups is 2. The highest BCUT2D eigenvalue weighted by Gasteiger charge is 2.07. The van der Waals surface area contributed by atoms with E-state index in [1.54, 1.807) is 13.2 Å². The summed E-state index contributed by atoms with van der Waals surface area (Å²) >= 11 is 0. The first-order valence-electron chi connectivity index (χ1n) is 8.87. The first-order valence-corrected chi connectivity index (χ1v) is 8.87. The zero-order valence-electron chi connectivity index (χ0n) is 15.4. The first kappa shape index (κ1) is 19.7. The lowest BCUT2D eigenvalue weighted by Gasteiger charge is -2.09. The van der Waals surface area contributed by atoms with E-state index in [-0.39, 0.29) is 5.91 Å². The van der Waals surface area contributed by atoms with Gasteiger partial charge in [-0.25, -0.2) is 0 Å². The van der Waals surface area contributed by atoms with Crippen LogP contribution in [-0.2, 0) is 13.0 Å². The number of ether oxygens (including phenoxy) is 1. The Kier molecular flexibility index (Phi) is 7.83. The van der Waals surface area contributed by atoms with Crippen LogP contribution in [-0.4, -0.2) is 32.4 Å². The molecule has 0 aliphatic rings. The average Bonchev–Trinajstić information content (AvgIpc) is 2.69. The smallest absolute Gasteiger partial charge is 0.251 e. The highest BCUT2D eigenvalue weighted by atomic mass is 16.5. The van der Waals surface area contributed by atoms with Crippen LogP contribution in [0, 0.1) is 0 Å². The van der Waals surface area contributed by atoms with Crippen LogP contribution in [0.1, 0.15) is 45.2 Å². The summed E-state index contributed by atoms with van der Waals surface area (Å²) in [6.07, 6.45) is 2.39. The molecular weight excluding hydrogens is 328 g/mol. The molecule has 0 fully saturated rings. The van der Waals surface area contributed by atoms with Gasteiger partial charge in [0.2, 0.25) is 0 Å². The number of hydrogen-bond donors (Lipinski definition) is 2. The van der Waals surface area contributed by atoms with Crippen LogP contribution in [0.2, 0.25) is 0 Å². The molecule has 0 bridgehead atoms. The Morgan fingerprint density at radius 2 is 1.96 bits per heavy atom. The van der Waals surface area contributed by atoms with Crippen molar-refractivity contribution in [2.45, 2.75) is 26.3 Å². The summed E-state index contributed by atoms with van der Waals surface area (Å²) < 4.78 is 5.20. The van der Waals surface area contributed by atoms with E-state index in [9.17, 15) is 9.59 Å². The predicted molar refractivity (Wildman–Crippen MR) is 103 cm³/mol. The van der Waals surface area contributed by atoms with Crippen molar-refractivity contribution in [3.8, 4) is 5.75 Å². The van der Waals surface area contributed by atoms with E-state index in [4.69, 9.17) is 4.74 Å². The maximum Gasteiger partial charge on any atom is 0.251 e. The Morgan fingerprint density at radius 3 is 2.69 bits per heavy atom. The van der Waals surface area contributed by atoms with Crippen LogP contribution in [0.25, 0.3) is 0 Å². The summed E-state index contributed by atoms with van der Waals surface area (Å²) in [5.74, 6) is 0.705. The molecule has 138 valence electrons. The number of rotatable bonds is 10. The van der Waals surface area contributed by atoms with Gasteiger partial charge in [-0.15, -0.1) is 0 Å². The molecule has 0 unspecified atom stereocenters. The molecule has 2 aromatic carbocycles. The van der Waals surface area contributed by atoms with Crippen molar-refractivity contribution in [3.05, 3.63) is 64.7 Å². The number of aldehydes is 1. The van der Waals surface area contributed by atoms with Crippen molar-refractivity contribution in [2.24, 2.45) is 0 Å². The molecule has 1 amide bonds. The molecule has 0 atom stereocenters. The number of aryl methyl sites for hydroxylation is 1. The van der Waals surface area contributed by atoms with Gasteiger partial charge in [-0.2, -0.15) is 0 Å². The maximum atomic E-state index is 12.2. The molecule has 0 saturated heterocycles. The number of amides is 1. The van der Waals surface area contributed by atoms with Gasteiger partial charge in [0.05, 0.1) is 7.11 Å². The Labute approximate surface area is 154 Å². The van der Waals surface area contributed by atoms with E-state index in [2.05, 4.69) is 10.6 Å². The van der Waals surface area contributed by atoms with Crippen LogP contribution < -0.4 is 15.4 Å². The second kappa shape index (κ2) is 10.4. The van der Waals surface area contributed by atoms with E-state index in [1.807, 2.05) is 43.3 Å². The summed E-state index contributed by atoms with van der Waals surface area (Å²) in [5.41, 5.74) is 3.22. The zero-order valence-corrected chi connectivity index (χ0v) is 15.4. The summed E-state index contributed by atoms with van der Waals surface area (Å²) in [4.78, 5) is 23.2. The van der Waals surface area contributed by atoms with Gasteiger partial charge < -0.3 is 15.4 Å². The largest absolute Gasteiger partial charge is 0.497 e. The van der Waals surface area contributed by atoms with Crippen molar-refractivity contribution in [3.63, 3.8) is 0 Å². The van der Waals surface area contributed by atoms with Crippen molar-refractivity contribution in [1.82, 2.24) is 10.6 Å². The van der Waals surface area contributed by atoms with Gasteiger partial charge >= 0.3 is 0 Å². The lowest BCUT2D eigenvalue weighted by molar-refractivity contribution is 0.0953. The quantitative estimate of drug-likeness (QED) is 0.508. The van der Waals surface area contributed by atoms with Crippen LogP contribution in [0.4, 0.5) is 0 Å². The standard InChI is InChI=1S/C21H26N2O3/c1-3-16-10-18(15-24)12-19(11-16)21(25)23-9-5-8-22-14-17-6-4-7-20(13-17)26-2/h4,6-7,10-13,15,22H,3,5,8-9,14H2,1-2H3,(H,23,25). The van der Waals surface area contributed by atoms with Gasteiger partial charge in [0, 0.05) is 24.2 Å². The topological polar surface area (TPSA) is 67.4 Å². The van der Waals surface area contributed by atoms with E-state index in [1.165, 1.54) is 0 Å². The molecule has 0 heterocycles. The van der Waals surface area contributed by atoms with Crippen molar-refractivity contribution >= 4 is 12.2 Å². The number of carbonyl (C=O) groups excluding carboxylic acids is 2. The summed E-state index contributed by atoms with van der Waals surface area (Å²) in [6.45, 7) is 4.13. The molecule has 0 radical (unpaired) electrons. The van der Waals surface area contributed by atoms with Crippen LogP contribution in [0.15, 0.2) is 42.5 Å². The third kappa shape index (κ3) is 6.01. The lowest BCUT2D eigenvalue weighted by atomic mass is 10.0. The third-order valence-electron chi connectivity index (χ3n) is 4.10. The first-order chi connectivity index (χ1) is 12.7.